The molecule has 0 radical (unpaired) electrons. The number of halogens is 1. The van der Waals surface area contributed by atoms with Gasteiger partial charge in [-0.3, -0.25) is 9.59 Å². The first-order valence-electron chi connectivity index (χ1n) is 6.91. The third-order valence-corrected chi connectivity index (χ3v) is 4.40. The summed E-state index contributed by atoms with van der Waals surface area (Å²) in [7, 11) is 0. The van der Waals surface area contributed by atoms with Gasteiger partial charge in [0.25, 0.3) is 0 Å². The predicted molar refractivity (Wildman–Crippen MR) is 77.7 cm³/mol. The van der Waals surface area contributed by atoms with E-state index in [2.05, 4.69) is 21.2 Å². The molecular formula is C15H16BrNO3. The maximum Gasteiger partial charge on any atom is 0.323 e. The lowest BCUT2D eigenvalue weighted by atomic mass is 9.88. The Morgan fingerprint density at radius 3 is 2.95 bits per heavy atom. The lowest BCUT2D eigenvalue weighted by Gasteiger charge is -2.24. The van der Waals surface area contributed by atoms with E-state index in [0.29, 0.717) is 12.0 Å². The number of ketones is 1. The summed E-state index contributed by atoms with van der Waals surface area (Å²) in [6.07, 6.45) is 2.48. The number of carbonyl (C=O) groups is 2. The maximum atomic E-state index is 12.4. The van der Waals surface area contributed by atoms with Crippen LogP contribution in [0.3, 0.4) is 0 Å². The van der Waals surface area contributed by atoms with Gasteiger partial charge in [-0.25, -0.2) is 0 Å². The van der Waals surface area contributed by atoms with Gasteiger partial charge in [0.15, 0.2) is 6.10 Å². The molecule has 0 amide bonds. The molecule has 1 saturated heterocycles. The summed E-state index contributed by atoms with van der Waals surface area (Å²) in [6, 6.07) is 5.37. The second kappa shape index (κ2) is 5.66. The molecule has 1 aromatic carbocycles. The highest BCUT2D eigenvalue weighted by Gasteiger charge is 2.33. The molecule has 106 valence electrons. The Kier molecular flexibility index (Phi) is 3.89. The summed E-state index contributed by atoms with van der Waals surface area (Å²) < 4.78 is 6.38. The van der Waals surface area contributed by atoms with Crippen LogP contribution in [0.25, 0.3) is 0 Å². The van der Waals surface area contributed by atoms with Crippen molar-refractivity contribution in [2.45, 2.75) is 37.8 Å². The second-order valence-electron chi connectivity index (χ2n) is 5.28. The number of fused-ring (bicyclic) bond motifs is 1. The van der Waals surface area contributed by atoms with Crippen molar-refractivity contribution in [2.24, 2.45) is 0 Å². The number of benzene rings is 1. The molecule has 1 N–H and O–H groups in total. The molecular weight excluding hydrogens is 322 g/mol. The van der Waals surface area contributed by atoms with Crippen LogP contribution in [0, 0.1) is 0 Å². The van der Waals surface area contributed by atoms with Crippen molar-refractivity contribution in [1.29, 1.82) is 0 Å². The van der Waals surface area contributed by atoms with Gasteiger partial charge in [0.05, 0.1) is 0 Å². The standard InChI is InChI=1S/C15H16BrNO3/c16-10-4-5-11-9(8-10)3-6-13(14(11)18)20-15(19)12-2-1-7-17-12/h4-5,8,12-13,17H,1-3,6-7H2. The molecule has 2 atom stereocenters. The minimum absolute atomic E-state index is 0.0786. The van der Waals surface area contributed by atoms with Crippen molar-refractivity contribution in [1.82, 2.24) is 5.32 Å². The zero-order valence-electron chi connectivity index (χ0n) is 11.0. The minimum Gasteiger partial charge on any atom is -0.453 e. The van der Waals surface area contributed by atoms with Crippen molar-refractivity contribution in [3.8, 4) is 0 Å². The molecule has 0 saturated carbocycles. The molecule has 0 aromatic heterocycles. The Hall–Kier alpha value is -1.20. The molecule has 1 aromatic rings. The topological polar surface area (TPSA) is 55.4 Å². The fourth-order valence-electron chi connectivity index (χ4n) is 2.82. The largest absolute Gasteiger partial charge is 0.453 e. The van der Waals surface area contributed by atoms with Gasteiger partial charge in [0.2, 0.25) is 5.78 Å². The highest BCUT2D eigenvalue weighted by Crippen LogP contribution is 2.26. The van der Waals surface area contributed by atoms with Crippen LogP contribution in [0.1, 0.15) is 35.2 Å². The van der Waals surface area contributed by atoms with Crippen LogP contribution in [-0.2, 0) is 16.0 Å². The first-order chi connectivity index (χ1) is 9.65. The summed E-state index contributed by atoms with van der Waals surface area (Å²) >= 11 is 3.41. The van der Waals surface area contributed by atoms with Gasteiger partial charge in [-0.1, -0.05) is 15.9 Å². The number of nitrogens with one attached hydrogen (secondary N) is 1. The summed E-state index contributed by atoms with van der Waals surface area (Å²) in [5, 5.41) is 3.10. The van der Waals surface area contributed by atoms with Gasteiger partial charge in [0.1, 0.15) is 6.04 Å². The quantitative estimate of drug-likeness (QED) is 0.841. The van der Waals surface area contributed by atoms with Crippen LogP contribution < -0.4 is 5.32 Å². The molecule has 4 nitrogen and oxygen atoms in total. The number of hydrogen-bond donors (Lipinski definition) is 1. The molecule has 2 unspecified atom stereocenters. The van der Waals surface area contributed by atoms with Crippen LogP contribution in [0.4, 0.5) is 0 Å². The van der Waals surface area contributed by atoms with E-state index in [0.717, 1.165) is 35.8 Å². The predicted octanol–water partition coefficient (Wildman–Crippen LogP) is 2.24. The summed E-state index contributed by atoms with van der Waals surface area (Å²) in [6.45, 7) is 0.843. The fraction of sp³-hybridized carbons (Fsp3) is 0.467. The molecule has 1 aliphatic heterocycles. The number of rotatable bonds is 2. The lowest BCUT2D eigenvalue weighted by molar-refractivity contribution is -0.149. The first kappa shape index (κ1) is 13.8. The first-order valence-corrected chi connectivity index (χ1v) is 7.71. The van der Waals surface area contributed by atoms with Crippen LogP contribution in [-0.4, -0.2) is 30.4 Å². The average Bonchev–Trinajstić information content (AvgIpc) is 2.96. The molecule has 3 rings (SSSR count). The highest BCUT2D eigenvalue weighted by atomic mass is 79.9. The van der Waals surface area contributed by atoms with E-state index in [9.17, 15) is 9.59 Å². The summed E-state index contributed by atoms with van der Waals surface area (Å²) in [5.41, 5.74) is 1.70. The summed E-state index contributed by atoms with van der Waals surface area (Å²) in [4.78, 5) is 24.3. The van der Waals surface area contributed by atoms with E-state index < -0.39 is 6.10 Å². The number of esters is 1. The van der Waals surface area contributed by atoms with Crippen molar-refractivity contribution in [3.63, 3.8) is 0 Å². The van der Waals surface area contributed by atoms with Crippen LogP contribution in [0.15, 0.2) is 22.7 Å². The van der Waals surface area contributed by atoms with Crippen LogP contribution in [0.2, 0.25) is 0 Å². The van der Waals surface area contributed by atoms with Gasteiger partial charge in [0, 0.05) is 10.0 Å². The Bertz CT molecular complexity index is 552. The Morgan fingerprint density at radius 2 is 2.20 bits per heavy atom. The van der Waals surface area contributed by atoms with E-state index >= 15 is 0 Å². The lowest BCUT2D eigenvalue weighted by Crippen LogP contribution is -2.39. The van der Waals surface area contributed by atoms with Crippen LogP contribution >= 0.6 is 15.9 Å². The Balaban J connectivity index is 1.72. The minimum atomic E-state index is -0.626. The third kappa shape index (κ3) is 2.65. The molecule has 0 spiro atoms. The van der Waals surface area contributed by atoms with Crippen LogP contribution in [0.5, 0.6) is 0 Å². The number of hydrogen-bond acceptors (Lipinski definition) is 4. The van der Waals surface area contributed by atoms with E-state index in [1.54, 1.807) is 6.07 Å². The third-order valence-electron chi connectivity index (χ3n) is 3.90. The fourth-order valence-corrected chi connectivity index (χ4v) is 3.23. The smallest absolute Gasteiger partial charge is 0.323 e. The van der Waals surface area contributed by atoms with E-state index in [1.165, 1.54) is 0 Å². The zero-order valence-corrected chi connectivity index (χ0v) is 12.6. The second-order valence-corrected chi connectivity index (χ2v) is 6.19. The van der Waals surface area contributed by atoms with Crippen molar-refractivity contribution in [3.05, 3.63) is 33.8 Å². The van der Waals surface area contributed by atoms with Gasteiger partial charge in [-0.05, 0) is 56.0 Å². The molecule has 1 aliphatic carbocycles. The van der Waals surface area contributed by atoms with Crippen molar-refractivity contribution in [2.75, 3.05) is 6.54 Å². The molecule has 2 aliphatic rings. The van der Waals surface area contributed by atoms with Gasteiger partial charge < -0.3 is 10.1 Å². The monoisotopic (exact) mass is 337 g/mol. The normalized spacial score (nSPS) is 25.4. The van der Waals surface area contributed by atoms with Gasteiger partial charge in [-0.15, -0.1) is 0 Å². The average molecular weight is 338 g/mol. The van der Waals surface area contributed by atoms with Gasteiger partial charge in [-0.2, -0.15) is 0 Å². The Morgan fingerprint density at radius 1 is 1.35 bits per heavy atom. The number of carbonyl (C=O) groups excluding carboxylic acids is 2. The van der Waals surface area contributed by atoms with E-state index in [-0.39, 0.29) is 17.8 Å². The van der Waals surface area contributed by atoms with E-state index in [4.69, 9.17) is 4.74 Å². The molecule has 5 heteroatoms. The van der Waals surface area contributed by atoms with E-state index in [1.807, 2.05) is 12.1 Å². The highest BCUT2D eigenvalue weighted by molar-refractivity contribution is 9.10. The van der Waals surface area contributed by atoms with Crippen molar-refractivity contribution >= 4 is 27.7 Å². The molecule has 1 fully saturated rings. The molecule has 1 heterocycles. The van der Waals surface area contributed by atoms with Crippen molar-refractivity contribution < 1.29 is 14.3 Å². The number of ether oxygens (including phenoxy) is 1. The molecule has 0 bridgehead atoms. The summed E-state index contributed by atoms with van der Waals surface area (Å²) in [5.74, 6) is -0.369. The SMILES string of the molecule is O=C(OC1CCc2cc(Br)ccc2C1=O)C1CCCN1. The zero-order chi connectivity index (χ0) is 14.1. The number of aryl methyl sites for hydroxylation is 1. The number of Topliss-reactive ketones (excluding diaryl/α,β-unsaturated/α-hetero) is 1. The maximum absolute atomic E-state index is 12.4. The van der Waals surface area contributed by atoms with Gasteiger partial charge >= 0.3 is 5.97 Å². The molecule has 20 heavy (non-hydrogen) atoms. The Labute approximate surface area is 126 Å².